The van der Waals surface area contributed by atoms with Crippen molar-refractivity contribution < 1.29 is 14.6 Å². The molecule has 0 aliphatic carbocycles. The molecule has 1 saturated heterocycles. The van der Waals surface area contributed by atoms with Crippen molar-refractivity contribution in [2.75, 3.05) is 6.54 Å². The van der Waals surface area contributed by atoms with E-state index in [1.54, 1.807) is 0 Å². The van der Waals surface area contributed by atoms with Gasteiger partial charge in [-0.25, -0.2) is 4.79 Å². The Morgan fingerprint density at radius 1 is 1.44 bits per heavy atom. The minimum Gasteiger partial charge on any atom is -0.479 e. The van der Waals surface area contributed by atoms with Gasteiger partial charge in [0.2, 0.25) is 0 Å². The number of carbonyl (C=O) groups is 1. The average molecular weight is 249 g/mol. The summed E-state index contributed by atoms with van der Waals surface area (Å²) in [5, 5.41) is 12.2. The molecule has 18 heavy (non-hydrogen) atoms. The molecule has 1 aliphatic heterocycles. The predicted molar refractivity (Wildman–Crippen MR) is 68.4 cm³/mol. The smallest absolute Gasteiger partial charge is 0.332 e. The Morgan fingerprint density at radius 2 is 2.22 bits per heavy atom. The molecule has 1 fully saturated rings. The molecule has 1 heterocycles. The number of hydrogen-bond acceptors (Lipinski definition) is 3. The van der Waals surface area contributed by atoms with Crippen molar-refractivity contribution in [3.63, 3.8) is 0 Å². The number of nitrogens with one attached hydrogen (secondary N) is 1. The second-order valence-electron chi connectivity index (χ2n) is 4.72. The number of rotatable bonds is 5. The van der Waals surface area contributed by atoms with E-state index in [1.807, 2.05) is 12.1 Å². The molecule has 2 unspecified atom stereocenters. The van der Waals surface area contributed by atoms with Gasteiger partial charge in [-0.3, -0.25) is 0 Å². The lowest BCUT2D eigenvalue weighted by Crippen LogP contribution is -2.28. The molecule has 4 nitrogen and oxygen atoms in total. The maximum absolute atomic E-state index is 10.7. The molecule has 0 bridgehead atoms. The van der Waals surface area contributed by atoms with Gasteiger partial charge in [-0.05, 0) is 30.9 Å². The minimum absolute atomic E-state index is 0.0233. The van der Waals surface area contributed by atoms with Gasteiger partial charge in [0.25, 0.3) is 0 Å². The van der Waals surface area contributed by atoms with E-state index < -0.39 is 12.1 Å². The Hall–Kier alpha value is -1.39. The number of benzene rings is 1. The van der Waals surface area contributed by atoms with E-state index in [9.17, 15) is 4.79 Å². The molecule has 0 radical (unpaired) electrons. The highest BCUT2D eigenvalue weighted by atomic mass is 16.5. The quantitative estimate of drug-likeness (QED) is 0.834. The molecule has 98 valence electrons. The third kappa shape index (κ3) is 3.31. The summed E-state index contributed by atoms with van der Waals surface area (Å²) in [6.45, 7) is 3.59. The molecule has 0 saturated carbocycles. The second-order valence-corrected chi connectivity index (χ2v) is 4.72. The highest BCUT2D eigenvalue weighted by Gasteiger charge is 2.29. The molecule has 1 aliphatic rings. The van der Waals surface area contributed by atoms with Crippen LogP contribution in [0.2, 0.25) is 0 Å². The number of hydrogen-bond donors (Lipinski definition) is 2. The number of aryl methyl sites for hydroxylation is 1. The van der Waals surface area contributed by atoms with Crippen molar-refractivity contribution in [3.05, 3.63) is 35.4 Å². The Kier molecular flexibility index (Phi) is 4.33. The standard InChI is InChI=1S/C14H19NO3/c1-10-4-2-3-5-11(10)8-15-9-12-6-7-13(18-12)14(16)17/h2-5,12-13,15H,6-9H2,1H3,(H,16,17). The molecule has 1 aromatic carbocycles. The van der Waals surface area contributed by atoms with Crippen LogP contribution in [-0.2, 0) is 16.1 Å². The molecule has 4 heteroatoms. The maximum Gasteiger partial charge on any atom is 0.332 e. The van der Waals surface area contributed by atoms with Gasteiger partial charge in [-0.15, -0.1) is 0 Å². The molecule has 0 amide bonds. The fraction of sp³-hybridized carbons (Fsp3) is 0.500. The number of ether oxygens (including phenoxy) is 1. The molecule has 0 spiro atoms. The topological polar surface area (TPSA) is 58.6 Å². The molecule has 2 rings (SSSR count). The Morgan fingerprint density at radius 3 is 2.89 bits per heavy atom. The van der Waals surface area contributed by atoms with Crippen LogP contribution in [0.3, 0.4) is 0 Å². The third-order valence-corrected chi connectivity index (χ3v) is 3.33. The van der Waals surface area contributed by atoms with Crippen LogP contribution in [-0.4, -0.2) is 29.8 Å². The summed E-state index contributed by atoms with van der Waals surface area (Å²) in [5.74, 6) is -0.851. The van der Waals surface area contributed by atoms with Crippen LogP contribution in [0.15, 0.2) is 24.3 Å². The third-order valence-electron chi connectivity index (χ3n) is 3.33. The predicted octanol–water partition coefficient (Wildman–Crippen LogP) is 1.72. The first-order valence-electron chi connectivity index (χ1n) is 6.30. The molecular formula is C14H19NO3. The first kappa shape index (κ1) is 13.1. The Balaban J connectivity index is 1.74. The highest BCUT2D eigenvalue weighted by molar-refractivity contribution is 5.72. The fourth-order valence-electron chi connectivity index (χ4n) is 2.21. The Labute approximate surface area is 107 Å². The largest absolute Gasteiger partial charge is 0.479 e. The SMILES string of the molecule is Cc1ccccc1CNCC1CCC(C(=O)O)O1. The van der Waals surface area contributed by atoms with Crippen molar-refractivity contribution in [1.29, 1.82) is 0 Å². The lowest BCUT2D eigenvalue weighted by atomic mass is 10.1. The molecule has 1 aromatic rings. The summed E-state index contributed by atoms with van der Waals surface area (Å²) in [6.07, 6.45) is 0.842. The summed E-state index contributed by atoms with van der Waals surface area (Å²) in [6, 6.07) is 8.23. The van der Waals surface area contributed by atoms with Gasteiger partial charge in [0.15, 0.2) is 6.10 Å². The van der Waals surface area contributed by atoms with Gasteiger partial charge < -0.3 is 15.2 Å². The van der Waals surface area contributed by atoms with E-state index in [1.165, 1.54) is 11.1 Å². The summed E-state index contributed by atoms with van der Waals surface area (Å²) in [7, 11) is 0. The van der Waals surface area contributed by atoms with Crippen molar-refractivity contribution in [3.8, 4) is 0 Å². The van der Waals surface area contributed by atoms with Gasteiger partial charge in [0.05, 0.1) is 6.10 Å². The maximum atomic E-state index is 10.7. The van der Waals surface area contributed by atoms with Crippen molar-refractivity contribution in [1.82, 2.24) is 5.32 Å². The molecule has 0 aromatic heterocycles. The normalized spacial score (nSPS) is 23.2. The van der Waals surface area contributed by atoms with Crippen LogP contribution >= 0.6 is 0 Å². The zero-order valence-electron chi connectivity index (χ0n) is 10.6. The van der Waals surface area contributed by atoms with Gasteiger partial charge in [0.1, 0.15) is 0 Å². The van der Waals surface area contributed by atoms with Crippen LogP contribution in [0.25, 0.3) is 0 Å². The summed E-state index contributed by atoms with van der Waals surface area (Å²) >= 11 is 0. The zero-order valence-corrected chi connectivity index (χ0v) is 10.6. The van der Waals surface area contributed by atoms with E-state index in [0.29, 0.717) is 13.0 Å². The van der Waals surface area contributed by atoms with Crippen molar-refractivity contribution >= 4 is 5.97 Å². The molecule has 2 N–H and O–H groups in total. The van der Waals surface area contributed by atoms with E-state index in [2.05, 4.69) is 24.4 Å². The van der Waals surface area contributed by atoms with Gasteiger partial charge in [-0.1, -0.05) is 24.3 Å². The lowest BCUT2D eigenvalue weighted by Gasteiger charge is -2.13. The summed E-state index contributed by atoms with van der Waals surface area (Å²) in [5.41, 5.74) is 2.53. The number of carboxylic acids is 1. The van der Waals surface area contributed by atoms with E-state index >= 15 is 0 Å². The number of aliphatic carboxylic acids is 1. The summed E-state index contributed by atoms with van der Waals surface area (Å²) in [4.78, 5) is 10.7. The van der Waals surface area contributed by atoms with Gasteiger partial charge in [0, 0.05) is 13.1 Å². The zero-order chi connectivity index (χ0) is 13.0. The first-order valence-corrected chi connectivity index (χ1v) is 6.30. The van der Waals surface area contributed by atoms with Crippen LogP contribution in [0.1, 0.15) is 24.0 Å². The van der Waals surface area contributed by atoms with E-state index in [4.69, 9.17) is 9.84 Å². The van der Waals surface area contributed by atoms with Crippen LogP contribution < -0.4 is 5.32 Å². The van der Waals surface area contributed by atoms with E-state index in [0.717, 1.165) is 13.0 Å². The summed E-state index contributed by atoms with van der Waals surface area (Å²) < 4.78 is 5.43. The molecular weight excluding hydrogens is 230 g/mol. The molecule has 2 atom stereocenters. The highest BCUT2D eigenvalue weighted by Crippen LogP contribution is 2.19. The Bertz CT molecular complexity index is 419. The fourth-order valence-corrected chi connectivity index (χ4v) is 2.21. The first-order chi connectivity index (χ1) is 8.66. The van der Waals surface area contributed by atoms with Crippen LogP contribution in [0.4, 0.5) is 0 Å². The van der Waals surface area contributed by atoms with Crippen LogP contribution in [0.5, 0.6) is 0 Å². The van der Waals surface area contributed by atoms with Gasteiger partial charge in [-0.2, -0.15) is 0 Å². The van der Waals surface area contributed by atoms with Crippen LogP contribution in [0, 0.1) is 6.92 Å². The minimum atomic E-state index is -0.851. The van der Waals surface area contributed by atoms with E-state index in [-0.39, 0.29) is 6.10 Å². The van der Waals surface area contributed by atoms with Gasteiger partial charge >= 0.3 is 5.97 Å². The average Bonchev–Trinajstić information content (AvgIpc) is 2.80. The van der Waals surface area contributed by atoms with Crippen molar-refractivity contribution in [2.45, 2.75) is 38.5 Å². The second kappa shape index (κ2) is 5.98. The number of carboxylic acid groups (broad SMARTS) is 1. The monoisotopic (exact) mass is 249 g/mol. The van der Waals surface area contributed by atoms with Crippen molar-refractivity contribution in [2.24, 2.45) is 0 Å². The lowest BCUT2D eigenvalue weighted by molar-refractivity contribution is -0.149.